The number of imide groups is 2. The average Bonchev–Trinajstić information content (AvgIpc) is 3.29. The van der Waals surface area contributed by atoms with Crippen LogP contribution >= 0.6 is 0 Å². The van der Waals surface area contributed by atoms with E-state index < -0.39 is 29.7 Å². The quantitative estimate of drug-likeness (QED) is 0.750. The van der Waals surface area contributed by atoms with E-state index in [9.17, 15) is 24.0 Å². The van der Waals surface area contributed by atoms with Crippen molar-refractivity contribution >= 4 is 29.5 Å². The molecule has 2 aliphatic heterocycles. The molecule has 0 bridgehead atoms. The molecule has 0 radical (unpaired) electrons. The van der Waals surface area contributed by atoms with Crippen LogP contribution in [0.5, 0.6) is 0 Å². The van der Waals surface area contributed by atoms with Gasteiger partial charge in [-0.15, -0.1) is 0 Å². The molecule has 1 unspecified atom stereocenters. The smallest absolute Gasteiger partial charge is 0.262 e. The van der Waals surface area contributed by atoms with Crippen molar-refractivity contribution in [3.8, 4) is 0 Å². The average molecular weight is 383 g/mol. The molecule has 2 heterocycles. The Bertz CT molecular complexity index is 888. The van der Waals surface area contributed by atoms with Gasteiger partial charge < -0.3 is 5.32 Å². The minimum atomic E-state index is -0.994. The first-order valence-corrected chi connectivity index (χ1v) is 9.58. The summed E-state index contributed by atoms with van der Waals surface area (Å²) < 4.78 is 0. The van der Waals surface area contributed by atoms with Gasteiger partial charge in [-0.05, 0) is 30.9 Å². The second-order valence-corrected chi connectivity index (χ2v) is 7.49. The molecule has 2 fully saturated rings. The highest BCUT2D eigenvalue weighted by Crippen LogP contribution is 2.30. The third kappa shape index (κ3) is 3.08. The van der Waals surface area contributed by atoms with Gasteiger partial charge in [-0.3, -0.25) is 34.2 Å². The summed E-state index contributed by atoms with van der Waals surface area (Å²) in [5.74, 6) is -2.17. The number of piperidine rings is 1. The lowest BCUT2D eigenvalue weighted by Crippen LogP contribution is -2.54. The fourth-order valence-corrected chi connectivity index (χ4v) is 4.25. The van der Waals surface area contributed by atoms with Crippen LogP contribution in [-0.4, -0.2) is 40.5 Å². The van der Waals surface area contributed by atoms with Gasteiger partial charge in [0, 0.05) is 18.9 Å². The number of hydrogen-bond donors (Lipinski definition) is 2. The van der Waals surface area contributed by atoms with E-state index in [1.165, 1.54) is 0 Å². The molecule has 1 aromatic rings. The molecule has 5 amide bonds. The molecule has 1 saturated carbocycles. The van der Waals surface area contributed by atoms with Crippen molar-refractivity contribution in [3.05, 3.63) is 34.9 Å². The van der Waals surface area contributed by atoms with Crippen molar-refractivity contribution in [3.63, 3.8) is 0 Å². The number of fused-ring (bicyclic) bond motifs is 1. The predicted octanol–water partition coefficient (Wildman–Crippen LogP) is 0.894. The number of amides is 5. The van der Waals surface area contributed by atoms with Gasteiger partial charge in [0.1, 0.15) is 6.04 Å². The summed E-state index contributed by atoms with van der Waals surface area (Å²) in [7, 11) is 0. The fraction of sp³-hybridized carbons (Fsp3) is 0.450. The Morgan fingerprint density at radius 1 is 1.07 bits per heavy atom. The molecule has 1 aromatic carbocycles. The lowest BCUT2D eigenvalue weighted by Gasteiger charge is -2.27. The van der Waals surface area contributed by atoms with E-state index in [-0.39, 0.29) is 42.3 Å². The molecule has 1 saturated heterocycles. The third-order valence-corrected chi connectivity index (χ3v) is 5.73. The van der Waals surface area contributed by atoms with Crippen molar-refractivity contribution in [2.24, 2.45) is 5.92 Å². The van der Waals surface area contributed by atoms with Gasteiger partial charge in [-0.25, -0.2) is 0 Å². The molecular formula is C20H21N3O5. The second-order valence-electron chi connectivity index (χ2n) is 7.49. The predicted molar refractivity (Wildman–Crippen MR) is 96.9 cm³/mol. The van der Waals surface area contributed by atoms with Gasteiger partial charge in [0.15, 0.2) is 0 Å². The van der Waals surface area contributed by atoms with Crippen LogP contribution in [0.3, 0.4) is 0 Å². The van der Waals surface area contributed by atoms with E-state index in [4.69, 9.17) is 0 Å². The zero-order chi connectivity index (χ0) is 19.8. The second kappa shape index (κ2) is 7.18. The normalized spacial score (nSPS) is 22.4. The highest BCUT2D eigenvalue weighted by molar-refractivity contribution is 6.24. The largest absolute Gasteiger partial charge is 0.352 e. The van der Waals surface area contributed by atoms with Gasteiger partial charge in [0.2, 0.25) is 17.7 Å². The van der Waals surface area contributed by atoms with Gasteiger partial charge >= 0.3 is 0 Å². The first-order valence-electron chi connectivity index (χ1n) is 9.58. The summed E-state index contributed by atoms with van der Waals surface area (Å²) in [5.41, 5.74) is 1.00. The van der Waals surface area contributed by atoms with Crippen LogP contribution in [0, 0.1) is 5.92 Å². The summed E-state index contributed by atoms with van der Waals surface area (Å²) >= 11 is 0. The van der Waals surface area contributed by atoms with E-state index in [0.717, 1.165) is 30.6 Å². The van der Waals surface area contributed by atoms with Crippen molar-refractivity contribution in [1.82, 2.24) is 15.5 Å². The molecule has 2 N–H and O–H groups in total. The maximum absolute atomic E-state index is 13.0. The van der Waals surface area contributed by atoms with E-state index in [1.54, 1.807) is 18.2 Å². The lowest BCUT2D eigenvalue weighted by molar-refractivity contribution is -0.136. The van der Waals surface area contributed by atoms with E-state index in [0.29, 0.717) is 5.56 Å². The number of nitrogens with one attached hydrogen (secondary N) is 2. The van der Waals surface area contributed by atoms with Crippen LogP contribution < -0.4 is 10.6 Å². The molecule has 0 aromatic heterocycles. The summed E-state index contributed by atoms with van der Waals surface area (Å²) in [6.45, 7) is 0.153. The van der Waals surface area contributed by atoms with Crippen LogP contribution in [0.1, 0.15) is 64.8 Å². The van der Waals surface area contributed by atoms with Crippen LogP contribution in [0.4, 0.5) is 0 Å². The van der Waals surface area contributed by atoms with Crippen LogP contribution in [0.2, 0.25) is 0 Å². The molecule has 1 atom stereocenters. The Morgan fingerprint density at radius 3 is 2.54 bits per heavy atom. The number of nitrogens with zero attached hydrogens (tertiary/aromatic N) is 1. The van der Waals surface area contributed by atoms with Crippen molar-refractivity contribution in [2.75, 3.05) is 0 Å². The summed E-state index contributed by atoms with van der Waals surface area (Å²) in [6.07, 6.45) is 4.04. The lowest BCUT2D eigenvalue weighted by atomic mass is 10.0. The number of benzene rings is 1. The Labute approximate surface area is 161 Å². The molecule has 8 heteroatoms. The standard InChI is InChI=1S/C20H21N3O5/c24-15-9-8-14(18(26)22-15)23-19(27)13-7-3-6-12(16(13)20(23)28)10-21-17(25)11-4-1-2-5-11/h3,6-7,11,14H,1-2,4-5,8-10H2,(H,21,25)(H,22,24,26). The molecule has 4 rings (SSSR count). The molecular weight excluding hydrogens is 362 g/mol. The minimum Gasteiger partial charge on any atom is -0.352 e. The first kappa shape index (κ1) is 18.3. The number of hydrogen-bond acceptors (Lipinski definition) is 5. The van der Waals surface area contributed by atoms with Crippen molar-refractivity contribution < 1.29 is 24.0 Å². The van der Waals surface area contributed by atoms with Gasteiger partial charge in [-0.2, -0.15) is 0 Å². The maximum Gasteiger partial charge on any atom is 0.262 e. The molecule has 8 nitrogen and oxygen atoms in total. The summed E-state index contributed by atoms with van der Waals surface area (Å²) in [4.78, 5) is 62.5. The minimum absolute atomic E-state index is 0.00839. The number of carbonyl (C=O) groups excluding carboxylic acids is 5. The Hall–Kier alpha value is -3.03. The molecule has 1 aliphatic carbocycles. The third-order valence-electron chi connectivity index (χ3n) is 5.73. The molecule has 3 aliphatic rings. The van der Waals surface area contributed by atoms with Crippen LogP contribution in [0.15, 0.2) is 18.2 Å². The van der Waals surface area contributed by atoms with Gasteiger partial charge in [0.25, 0.3) is 11.8 Å². The monoisotopic (exact) mass is 383 g/mol. The van der Waals surface area contributed by atoms with Crippen molar-refractivity contribution in [1.29, 1.82) is 0 Å². The maximum atomic E-state index is 13.0. The van der Waals surface area contributed by atoms with Crippen LogP contribution in [-0.2, 0) is 20.9 Å². The number of rotatable bonds is 4. The topological polar surface area (TPSA) is 113 Å². The zero-order valence-corrected chi connectivity index (χ0v) is 15.3. The zero-order valence-electron chi connectivity index (χ0n) is 15.3. The molecule has 28 heavy (non-hydrogen) atoms. The van der Waals surface area contributed by atoms with Gasteiger partial charge in [0.05, 0.1) is 11.1 Å². The molecule has 0 spiro atoms. The van der Waals surface area contributed by atoms with Crippen molar-refractivity contribution in [2.45, 2.75) is 51.1 Å². The van der Waals surface area contributed by atoms with E-state index >= 15 is 0 Å². The summed E-state index contributed by atoms with van der Waals surface area (Å²) in [5, 5.41) is 5.05. The Morgan fingerprint density at radius 2 is 1.82 bits per heavy atom. The van der Waals surface area contributed by atoms with Crippen LogP contribution in [0.25, 0.3) is 0 Å². The highest BCUT2D eigenvalue weighted by atomic mass is 16.2. The SMILES string of the molecule is O=C1CCC(N2C(=O)c3cccc(CNC(=O)C4CCCC4)c3C2=O)C(=O)N1. The van der Waals surface area contributed by atoms with E-state index in [2.05, 4.69) is 10.6 Å². The molecule has 146 valence electrons. The Balaban J connectivity index is 1.55. The highest BCUT2D eigenvalue weighted by Gasteiger charge is 2.45. The summed E-state index contributed by atoms with van der Waals surface area (Å²) in [6, 6.07) is 3.91. The fourth-order valence-electron chi connectivity index (χ4n) is 4.25. The Kier molecular flexibility index (Phi) is 4.70. The first-order chi connectivity index (χ1) is 13.5. The number of carbonyl (C=O) groups is 5. The van der Waals surface area contributed by atoms with E-state index in [1.807, 2.05) is 0 Å². The van der Waals surface area contributed by atoms with Gasteiger partial charge in [-0.1, -0.05) is 25.0 Å².